The average Bonchev–Trinajstić information content (AvgIpc) is 3.15. The van der Waals surface area contributed by atoms with Crippen molar-refractivity contribution in [2.24, 2.45) is 0 Å². The third-order valence-electron chi connectivity index (χ3n) is 5.22. The van der Waals surface area contributed by atoms with E-state index in [1.807, 2.05) is 11.9 Å². The Kier molecular flexibility index (Phi) is 6.31. The molecule has 1 aromatic heterocycles. The summed E-state index contributed by atoms with van der Waals surface area (Å²) >= 11 is 0. The van der Waals surface area contributed by atoms with E-state index in [9.17, 15) is 18.0 Å². The summed E-state index contributed by atoms with van der Waals surface area (Å²) in [6, 6.07) is 3.36. The molecule has 3 heterocycles. The summed E-state index contributed by atoms with van der Waals surface area (Å²) in [6.07, 6.45) is 4.20. The average molecular weight is 410 g/mol. The highest BCUT2D eigenvalue weighted by Gasteiger charge is 2.31. The van der Waals surface area contributed by atoms with Crippen molar-refractivity contribution in [1.29, 1.82) is 0 Å². The van der Waals surface area contributed by atoms with Crippen LogP contribution in [0.1, 0.15) is 34.9 Å². The second kappa shape index (κ2) is 8.54. The first-order valence-corrected chi connectivity index (χ1v) is 11.3. The van der Waals surface area contributed by atoms with Gasteiger partial charge in [-0.15, -0.1) is 0 Å². The van der Waals surface area contributed by atoms with Crippen LogP contribution in [-0.4, -0.2) is 92.5 Å². The summed E-state index contributed by atoms with van der Waals surface area (Å²) in [5, 5.41) is 0. The number of aromatic nitrogens is 1. The summed E-state index contributed by atoms with van der Waals surface area (Å²) in [6.45, 7) is 3.44. The molecule has 1 N–H and O–H groups in total. The third kappa shape index (κ3) is 5.06. The second-order valence-electron chi connectivity index (χ2n) is 7.41. The molecule has 0 aliphatic carbocycles. The monoisotopic (exact) mass is 409 g/mol. The molecule has 1 atom stereocenters. The molecule has 2 aliphatic rings. The number of pyridine rings is 1. The zero-order valence-electron chi connectivity index (χ0n) is 16.3. The van der Waals surface area contributed by atoms with Gasteiger partial charge in [0.15, 0.2) is 0 Å². The zero-order chi connectivity index (χ0) is 20.3. The van der Waals surface area contributed by atoms with E-state index < -0.39 is 10.0 Å². The zero-order valence-corrected chi connectivity index (χ0v) is 17.1. The predicted octanol–water partition coefficient (Wildman–Crippen LogP) is -0.318. The molecular weight excluding hydrogens is 382 g/mol. The van der Waals surface area contributed by atoms with Crippen LogP contribution in [0.2, 0.25) is 0 Å². The largest absolute Gasteiger partial charge is 0.336 e. The Labute approximate surface area is 165 Å². The number of nitrogens with zero attached hydrogens (tertiary/aromatic N) is 4. The predicted molar refractivity (Wildman–Crippen MR) is 104 cm³/mol. The molecular formula is C18H27N5O4S. The SMILES string of the molecule is CN1CCN(C(=O)c2ccc([C@H]3CCCN3C(=O)CNS(C)(=O)=O)nc2)CC1. The van der Waals surface area contributed by atoms with Crippen molar-refractivity contribution in [3.8, 4) is 0 Å². The number of sulfonamides is 1. The van der Waals surface area contributed by atoms with Crippen LogP contribution >= 0.6 is 0 Å². The van der Waals surface area contributed by atoms with Crippen molar-refractivity contribution >= 4 is 21.8 Å². The number of carbonyl (C=O) groups excluding carboxylic acids is 2. The van der Waals surface area contributed by atoms with E-state index in [0.29, 0.717) is 25.2 Å². The van der Waals surface area contributed by atoms with E-state index in [4.69, 9.17) is 0 Å². The minimum Gasteiger partial charge on any atom is -0.336 e. The number of nitrogens with one attached hydrogen (secondary N) is 1. The quantitative estimate of drug-likeness (QED) is 0.715. The summed E-state index contributed by atoms with van der Waals surface area (Å²) in [5.41, 5.74) is 1.27. The topological polar surface area (TPSA) is 103 Å². The molecule has 3 rings (SSSR count). The van der Waals surface area contributed by atoms with Crippen molar-refractivity contribution in [3.05, 3.63) is 29.6 Å². The van der Waals surface area contributed by atoms with E-state index in [2.05, 4.69) is 14.6 Å². The number of piperazine rings is 1. The number of likely N-dealkylation sites (N-methyl/N-ethyl adjacent to an activating group) is 1. The van der Waals surface area contributed by atoms with Crippen molar-refractivity contribution in [2.75, 3.05) is 52.6 Å². The van der Waals surface area contributed by atoms with Gasteiger partial charge in [0, 0.05) is 38.9 Å². The standard InChI is InChI=1S/C18H27N5O4S/c1-21-8-10-22(11-9-21)18(25)14-5-6-15(19-12-14)16-4-3-7-23(16)17(24)13-20-28(2,26)27/h5-6,12,16,20H,3-4,7-11,13H2,1-2H3/t16-/m1/s1. The molecule has 0 aromatic carbocycles. The van der Waals surface area contributed by atoms with Crippen molar-refractivity contribution in [3.63, 3.8) is 0 Å². The second-order valence-corrected chi connectivity index (χ2v) is 9.24. The van der Waals surface area contributed by atoms with Crippen LogP contribution < -0.4 is 4.72 Å². The van der Waals surface area contributed by atoms with Gasteiger partial charge >= 0.3 is 0 Å². The lowest BCUT2D eigenvalue weighted by Gasteiger charge is -2.32. The van der Waals surface area contributed by atoms with Gasteiger partial charge in [0.1, 0.15) is 0 Å². The fourth-order valence-corrected chi connectivity index (χ4v) is 3.97. The summed E-state index contributed by atoms with van der Waals surface area (Å²) in [4.78, 5) is 35.1. The minimum absolute atomic E-state index is 0.0242. The number of likely N-dealkylation sites (tertiary alicyclic amines) is 1. The van der Waals surface area contributed by atoms with Gasteiger partial charge in [0.05, 0.1) is 30.1 Å². The summed E-state index contributed by atoms with van der Waals surface area (Å²) in [7, 11) is -1.38. The molecule has 9 nitrogen and oxygen atoms in total. The maximum Gasteiger partial charge on any atom is 0.255 e. The molecule has 2 fully saturated rings. The van der Waals surface area contributed by atoms with Gasteiger partial charge in [-0.1, -0.05) is 0 Å². The molecule has 2 saturated heterocycles. The van der Waals surface area contributed by atoms with Gasteiger partial charge in [0.2, 0.25) is 15.9 Å². The fourth-order valence-electron chi connectivity index (χ4n) is 3.59. The fraction of sp³-hybridized carbons (Fsp3) is 0.611. The van der Waals surface area contributed by atoms with Crippen LogP contribution in [0.5, 0.6) is 0 Å². The Bertz CT molecular complexity index is 819. The molecule has 1 aromatic rings. The van der Waals surface area contributed by atoms with Crippen LogP contribution in [-0.2, 0) is 14.8 Å². The number of carbonyl (C=O) groups is 2. The van der Waals surface area contributed by atoms with Gasteiger partial charge in [-0.2, -0.15) is 0 Å². The molecule has 154 valence electrons. The van der Waals surface area contributed by atoms with Crippen LogP contribution in [0, 0.1) is 0 Å². The van der Waals surface area contributed by atoms with Gasteiger partial charge in [-0.3, -0.25) is 14.6 Å². The van der Waals surface area contributed by atoms with Crippen LogP contribution in [0.3, 0.4) is 0 Å². The van der Waals surface area contributed by atoms with Gasteiger partial charge < -0.3 is 14.7 Å². The molecule has 10 heteroatoms. The number of amides is 2. The Morgan fingerprint density at radius 2 is 1.89 bits per heavy atom. The lowest BCUT2D eigenvalue weighted by atomic mass is 10.1. The normalized spacial score (nSPS) is 21.1. The van der Waals surface area contributed by atoms with Crippen molar-refractivity contribution < 1.29 is 18.0 Å². The van der Waals surface area contributed by atoms with E-state index in [1.54, 1.807) is 23.2 Å². The first kappa shape index (κ1) is 20.7. The van der Waals surface area contributed by atoms with Crippen molar-refractivity contribution in [2.45, 2.75) is 18.9 Å². The summed E-state index contributed by atoms with van der Waals surface area (Å²) < 4.78 is 24.7. The molecule has 0 saturated carbocycles. The molecule has 0 bridgehead atoms. The Hall–Kier alpha value is -2.04. The number of hydrogen-bond donors (Lipinski definition) is 1. The highest BCUT2D eigenvalue weighted by Crippen LogP contribution is 2.30. The van der Waals surface area contributed by atoms with E-state index in [-0.39, 0.29) is 24.4 Å². The first-order valence-electron chi connectivity index (χ1n) is 9.42. The van der Waals surface area contributed by atoms with E-state index >= 15 is 0 Å². The molecule has 0 unspecified atom stereocenters. The maximum atomic E-state index is 12.6. The summed E-state index contributed by atoms with van der Waals surface area (Å²) in [5.74, 6) is -0.295. The lowest BCUT2D eigenvalue weighted by Crippen LogP contribution is -2.47. The molecule has 28 heavy (non-hydrogen) atoms. The first-order chi connectivity index (χ1) is 13.2. The number of hydrogen-bond acceptors (Lipinski definition) is 6. The Morgan fingerprint density at radius 1 is 1.18 bits per heavy atom. The molecule has 0 spiro atoms. The molecule has 2 aliphatic heterocycles. The highest BCUT2D eigenvalue weighted by molar-refractivity contribution is 7.88. The van der Waals surface area contributed by atoms with Gasteiger partial charge in [0.25, 0.3) is 5.91 Å². The van der Waals surface area contributed by atoms with E-state index in [0.717, 1.165) is 37.9 Å². The minimum atomic E-state index is -3.42. The van der Waals surface area contributed by atoms with Gasteiger partial charge in [-0.25, -0.2) is 13.1 Å². The maximum absolute atomic E-state index is 12.6. The Morgan fingerprint density at radius 3 is 2.50 bits per heavy atom. The van der Waals surface area contributed by atoms with E-state index in [1.165, 1.54) is 0 Å². The van der Waals surface area contributed by atoms with Gasteiger partial charge in [-0.05, 0) is 32.0 Å². The van der Waals surface area contributed by atoms with Crippen molar-refractivity contribution in [1.82, 2.24) is 24.4 Å². The van der Waals surface area contributed by atoms with Crippen LogP contribution in [0.15, 0.2) is 18.3 Å². The lowest BCUT2D eigenvalue weighted by molar-refractivity contribution is -0.130. The third-order valence-corrected chi connectivity index (χ3v) is 5.89. The molecule has 2 amide bonds. The number of rotatable bonds is 5. The smallest absolute Gasteiger partial charge is 0.255 e. The molecule has 0 radical (unpaired) electrons. The van der Waals surface area contributed by atoms with Crippen LogP contribution in [0.4, 0.5) is 0 Å². The van der Waals surface area contributed by atoms with Crippen LogP contribution in [0.25, 0.3) is 0 Å². The Balaban J connectivity index is 1.65. The highest BCUT2D eigenvalue weighted by atomic mass is 32.2.